The molecule has 1 aromatic heterocycles. The van der Waals surface area contributed by atoms with Crippen molar-refractivity contribution >= 4 is 5.69 Å². The molecule has 0 amide bonds. The van der Waals surface area contributed by atoms with Crippen molar-refractivity contribution < 1.29 is 4.74 Å². The number of rotatable bonds is 5. The van der Waals surface area contributed by atoms with Crippen LogP contribution in [0.15, 0.2) is 30.5 Å². The molecule has 2 N–H and O–H groups in total. The Labute approximate surface area is 114 Å². The van der Waals surface area contributed by atoms with Crippen LogP contribution in [-0.4, -0.2) is 16.4 Å². The highest BCUT2D eigenvalue weighted by Crippen LogP contribution is 2.28. The Morgan fingerprint density at radius 1 is 1.32 bits per heavy atom. The molecule has 0 aliphatic rings. The van der Waals surface area contributed by atoms with Crippen LogP contribution in [0, 0.1) is 0 Å². The van der Waals surface area contributed by atoms with E-state index >= 15 is 0 Å². The Kier molecular flexibility index (Phi) is 4.10. The van der Waals surface area contributed by atoms with E-state index in [9.17, 15) is 0 Å². The van der Waals surface area contributed by atoms with Gasteiger partial charge in [0.15, 0.2) is 0 Å². The topological polar surface area (TPSA) is 53.1 Å². The monoisotopic (exact) mass is 259 g/mol. The lowest BCUT2D eigenvalue weighted by Gasteiger charge is -2.12. The number of nitrogens with zero attached hydrogens (tertiary/aromatic N) is 2. The maximum atomic E-state index is 6.16. The molecule has 1 heterocycles. The fourth-order valence-electron chi connectivity index (χ4n) is 1.85. The molecule has 102 valence electrons. The van der Waals surface area contributed by atoms with Crippen molar-refractivity contribution in [1.29, 1.82) is 0 Å². The molecule has 4 heteroatoms. The van der Waals surface area contributed by atoms with Crippen LogP contribution in [0.5, 0.6) is 5.75 Å². The van der Waals surface area contributed by atoms with Gasteiger partial charge in [-0.25, -0.2) is 4.68 Å². The fraction of sp³-hybridized carbons (Fsp3) is 0.400. The van der Waals surface area contributed by atoms with E-state index in [2.05, 4.69) is 25.9 Å². The first-order valence-electron chi connectivity index (χ1n) is 6.70. The summed E-state index contributed by atoms with van der Waals surface area (Å²) in [6, 6.07) is 7.80. The number of aromatic nitrogens is 2. The summed E-state index contributed by atoms with van der Waals surface area (Å²) in [7, 11) is 0. The van der Waals surface area contributed by atoms with Gasteiger partial charge in [-0.15, -0.1) is 0 Å². The SMILES string of the molecule is CCCOc1cccc(-n2ccc(C(C)C)n2)c1N. The summed E-state index contributed by atoms with van der Waals surface area (Å²) >= 11 is 0. The number of anilines is 1. The van der Waals surface area contributed by atoms with Crippen molar-refractivity contribution in [3.05, 3.63) is 36.2 Å². The average Bonchev–Trinajstić information content (AvgIpc) is 2.87. The Morgan fingerprint density at radius 3 is 2.74 bits per heavy atom. The second-order valence-corrected chi connectivity index (χ2v) is 4.88. The summed E-state index contributed by atoms with van der Waals surface area (Å²) in [5.41, 5.74) is 8.71. The van der Waals surface area contributed by atoms with Gasteiger partial charge in [-0.1, -0.05) is 26.8 Å². The van der Waals surface area contributed by atoms with Gasteiger partial charge in [0.05, 0.1) is 18.0 Å². The van der Waals surface area contributed by atoms with E-state index in [1.165, 1.54) is 0 Å². The number of ether oxygens (including phenoxy) is 1. The molecule has 0 aliphatic carbocycles. The molecule has 1 aromatic carbocycles. The molecule has 0 saturated carbocycles. The lowest BCUT2D eigenvalue weighted by atomic mass is 10.1. The molecule has 0 fully saturated rings. The molecular weight excluding hydrogens is 238 g/mol. The largest absolute Gasteiger partial charge is 0.491 e. The molecule has 0 atom stereocenters. The van der Waals surface area contributed by atoms with Crippen LogP contribution < -0.4 is 10.5 Å². The molecule has 0 radical (unpaired) electrons. The summed E-state index contributed by atoms with van der Waals surface area (Å²) in [4.78, 5) is 0. The third kappa shape index (κ3) is 2.89. The van der Waals surface area contributed by atoms with Gasteiger partial charge in [0.1, 0.15) is 11.4 Å². The minimum atomic E-state index is 0.405. The van der Waals surface area contributed by atoms with Crippen molar-refractivity contribution in [3.8, 4) is 11.4 Å². The van der Waals surface area contributed by atoms with Crippen LogP contribution in [0.3, 0.4) is 0 Å². The van der Waals surface area contributed by atoms with E-state index in [0.717, 1.165) is 23.6 Å². The highest BCUT2D eigenvalue weighted by molar-refractivity contribution is 5.66. The molecule has 0 spiro atoms. The molecule has 0 saturated heterocycles. The highest BCUT2D eigenvalue weighted by Gasteiger charge is 2.10. The van der Waals surface area contributed by atoms with Gasteiger partial charge in [-0.3, -0.25) is 0 Å². The fourth-order valence-corrected chi connectivity index (χ4v) is 1.85. The smallest absolute Gasteiger partial charge is 0.144 e. The number of para-hydroxylation sites is 1. The molecule has 2 rings (SSSR count). The third-order valence-electron chi connectivity index (χ3n) is 2.95. The van der Waals surface area contributed by atoms with Crippen LogP contribution in [-0.2, 0) is 0 Å². The van der Waals surface area contributed by atoms with E-state index in [4.69, 9.17) is 10.5 Å². The molecule has 19 heavy (non-hydrogen) atoms. The minimum Gasteiger partial charge on any atom is -0.491 e. The number of nitrogen functional groups attached to an aromatic ring is 1. The molecule has 0 aliphatic heterocycles. The van der Waals surface area contributed by atoms with Crippen molar-refractivity contribution in [1.82, 2.24) is 9.78 Å². The lowest BCUT2D eigenvalue weighted by Crippen LogP contribution is -2.05. The predicted molar refractivity (Wildman–Crippen MR) is 77.9 cm³/mol. The standard InChI is InChI=1S/C15H21N3O/c1-4-10-19-14-7-5-6-13(15(14)16)18-9-8-12(17-18)11(2)3/h5-9,11H,4,10,16H2,1-3H3. The van der Waals surface area contributed by atoms with E-state index in [-0.39, 0.29) is 0 Å². The van der Waals surface area contributed by atoms with Crippen molar-refractivity contribution in [2.75, 3.05) is 12.3 Å². The Morgan fingerprint density at radius 2 is 2.11 bits per heavy atom. The van der Waals surface area contributed by atoms with Gasteiger partial charge < -0.3 is 10.5 Å². The predicted octanol–water partition coefficient (Wildman–Crippen LogP) is 3.37. The molecule has 0 bridgehead atoms. The minimum absolute atomic E-state index is 0.405. The Balaban J connectivity index is 2.33. The summed E-state index contributed by atoms with van der Waals surface area (Å²) < 4.78 is 7.45. The Hall–Kier alpha value is -1.97. The maximum absolute atomic E-state index is 6.16. The number of nitrogens with two attached hydrogens (primary N) is 1. The summed E-state index contributed by atoms with van der Waals surface area (Å²) in [6.07, 6.45) is 2.90. The van der Waals surface area contributed by atoms with Gasteiger partial charge in [-0.2, -0.15) is 5.10 Å². The van der Waals surface area contributed by atoms with Crippen molar-refractivity contribution in [2.45, 2.75) is 33.1 Å². The van der Waals surface area contributed by atoms with Gasteiger partial charge in [0.2, 0.25) is 0 Å². The summed E-state index contributed by atoms with van der Waals surface area (Å²) in [5.74, 6) is 1.13. The van der Waals surface area contributed by atoms with E-state index < -0.39 is 0 Å². The molecule has 0 unspecified atom stereocenters. The van der Waals surface area contributed by atoms with Crippen molar-refractivity contribution in [2.24, 2.45) is 0 Å². The zero-order valence-corrected chi connectivity index (χ0v) is 11.8. The van der Waals surface area contributed by atoms with Gasteiger partial charge >= 0.3 is 0 Å². The van der Waals surface area contributed by atoms with Crippen LogP contribution in [0.1, 0.15) is 38.8 Å². The zero-order chi connectivity index (χ0) is 13.8. The molecular formula is C15H21N3O. The normalized spacial score (nSPS) is 10.9. The van der Waals surface area contributed by atoms with E-state index in [0.29, 0.717) is 18.2 Å². The van der Waals surface area contributed by atoms with E-state index in [1.54, 1.807) is 0 Å². The van der Waals surface area contributed by atoms with Crippen LogP contribution in [0.25, 0.3) is 5.69 Å². The van der Waals surface area contributed by atoms with Gasteiger partial charge in [0, 0.05) is 6.20 Å². The van der Waals surface area contributed by atoms with E-state index in [1.807, 2.05) is 35.1 Å². The highest BCUT2D eigenvalue weighted by atomic mass is 16.5. The lowest BCUT2D eigenvalue weighted by molar-refractivity contribution is 0.319. The second kappa shape index (κ2) is 5.78. The summed E-state index contributed by atoms with van der Waals surface area (Å²) in [5, 5.41) is 4.54. The van der Waals surface area contributed by atoms with Gasteiger partial charge in [0.25, 0.3) is 0 Å². The maximum Gasteiger partial charge on any atom is 0.144 e. The first kappa shape index (κ1) is 13.5. The number of hydrogen-bond acceptors (Lipinski definition) is 3. The number of hydrogen-bond donors (Lipinski definition) is 1. The first-order chi connectivity index (χ1) is 9.13. The Bertz CT molecular complexity index is 546. The molecule has 2 aromatic rings. The third-order valence-corrected chi connectivity index (χ3v) is 2.95. The first-order valence-corrected chi connectivity index (χ1v) is 6.70. The quantitative estimate of drug-likeness (QED) is 0.838. The van der Waals surface area contributed by atoms with Crippen LogP contribution in [0.4, 0.5) is 5.69 Å². The van der Waals surface area contributed by atoms with Crippen molar-refractivity contribution in [3.63, 3.8) is 0 Å². The molecule has 4 nitrogen and oxygen atoms in total. The van der Waals surface area contributed by atoms with Gasteiger partial charge in [-0.05, 0) is 30.5 Å². The summed E-state index contributed by atoms with van der Waals surface area (Å²) in [6.45, 7) is 6.99. The number of benzene rings is 1. The van der Waals surface area contributed by atoms with Crippen LogP contribution in [0.2, 0.25) is 0 Å². The van der Waals surface area contributed by atoms with Crippen LogP contribution >= 0.6 is 0 Å². The second-order valence-electron chi connectivity index (χ2n) is 4.88. The zero-order valence-electron chi connectivity index (χ0n) is 11.8. The average molecular weight is 259 g/mol.